The Morgan fingerprint density at radius 1 is 0.350 bits per heavy atom. The van der Waals surface area contributed by atoms with Crippen LogP contribution < -0.4 is 0 Å². The fourth-order valence-electron chi connectivity index (χ4n) is 6.72. The van der Waals surface area contributed by atoms with E-state index in [0.717, 1.165) is 32.9 Å². The van der Waals surface area contributed by atoms with Crippen molar-refractivity contribution in [3.05, 3.63) is 134 Å². The van der Waals surface area contributed by atoms with Crippen molar-refractivity contribution >= 4 is 65.2 Å². The minimum atomic E-state index is 0.867. The predicted molar refractivity (Wildman–Crippen MR) is 167 cm³/mol. The van der Waals surface area contributed by atoms with Gasteiger partial charge in [-0.3, -0.25) is 0 Å². The summed E-state index contributed by atoms with van der Waals surface area (Å²) in [4.78, 5) is 0. The average molecular weight is 511 g/mol. The highest BCUT2D eigenvalue weighted by Gasteiger charge is 2.21. The average Bonchev–Trinajstić information content (AvgIpc) is 3.64. The molecule has 40 heavy (non-hydrogen) atoms. The summed E-state index contributed by atoms with van der Waals surface area (Å²) in [5.74, 6) is 0. The molecule has 0 aliphatic carbocycles. The lowest BCUT2D eigenvalue weighted by molar-refractivity contribution is 0.615. The maximum absolute atomic E-state index is 6.42. The van der Waals surface area contributed by atoms with Crippen molar-refractivity contribution in [1.29, 1.82) is 0 Å². The van der Waals surface area contributed by atoms with Crippen LogP contribution in [-0.4, -0.2) is 0 Å². The summed E-state index contributed by atoms with van der Waals surface area (Å²) >= 11 is 0. The van der Waals surface area contributed by atoms with Crippen molar-refractivity contribution < 1.29 is 8.83 Å². The number of fused-ring (bicyclic) bond motifs is 8. The Labute approximate surface area is 229 Å². The van der Waals surface area contributed by atoms with Gasteiger partial charge in [-0.1, -0.05) is 103 Å². The zero-order valence-electron chi connectivity index (χ0n) is 21.5. The number of hydrogen-bond acceptors (Lipinski definition) is 2. The molecule has 0 atom stereocenters. The first-order valence-corrected chi connectivity index (χ1v) is 13.6. The number of furan rings is 2. The van der Waals surface area contributed by atoms with Gasteiger partial charge in [0.25, 0.3) is 0 Å². The third-order valence-electron chi connectivity index (χ3n) is 8.35. The van der Waals surface area contributed by atoms with Gasteiger partial charge in [0.2, 0.25) is 0 Å². The van der Waals surface area contributed by atoms with E-state index in [2.05, 4.69) is 109 Å². The van der Waals surface area contributed by atoms with E-state index >= 15 is 0 Å². The zero-order chi connectivity index (χ0) is 26.2. The Morgan fingerprint density at radius 2 is 0.900 bits per heavy atom. The molecule has 2 nitrogen and oxygen atoms in total. The van der Waals surface area contributed by atoms with Crippen LogP contribution in [0.5, 0.6) is 0 Å². The van der Waals surface area contributed by atoms with Gasteiger partial charge < -0.3 is 8.83 Å². The van der Waals surface area contributed by atoms with Gasteiger partial charge in [-0.05, 0) is 78.8 Å². The van der Waals surface area contributed by atoms with Crippen LogP contribution in [0, 0.1) is 0 Å². The summed E-state index contributed by atoms with van der Waals surface area (Å²) in [5, 5.41) is 10.7. The number of benzene rings is 7. The molecule has 0 N–H and O–H groups in total. The maximum atomic E-state index is 6.42. The second kappa shape index (κ2) is 8.08. The standard InChI is InChI=1S/C38H22O2/c1-2-11-24-23(9-1)10-7-16-25(24)35-26-12-3-5-14-28(26)36(29-15-6-4-13-27(29)35)31-17-8-18-33-38(31)37-30-21-22-39-32(30)19-20-34(37)40-33/h1-22H. The molecule has 2 heteroatoms. The second-order valence-corrected chi connectivity index (χ2v) is 10.4. The summed E-state index contributed by atoms with van der Waals surface area (Å²) < 4.78 is 12.2. The lowest BCUT2D eigenvalue weighted by Crippen LogP contribution is -1.92. The Morgan fingerprint density at radius 3 is 1.65 bits per heavy atom. The summed E-state index contributed by atoms with van der Waals surface area (Å²) in [5.41, 5.74) is 7.54. The molecule has 0 aliphatic rings. The highest BCUT2D eigenvalue weighted by Crippen LogP contribution is 2.48. The highest BCUT2D eigenvalue weighted by atomic mass is 16.3. The molecule has 7 aromatic carbocycles. The Hall–Kier alpha value is -5.34. The van der Waals surface area contributed by atoms with Crippen molar-refractivity contribution in [2.24, 2.45) is 0 Å². The molecule has 0 amide bonds. The molecule has 0 aliphatic heterocycles. The van der Waals surface area contributed by atoms with E-state index in [9.17, 15) is 0 Å². The first-order chi connectivity index (χ1) is 19.9. The third kappa shape index (κ3) is 2.88. The minimum Gasteiger partial charge on any atom is -0.464 e. The van der Waals surface area contributed by atoms with Crippen LogP contribution in [0.2, 0.25) is 0 Å². The van der Waals surface area contributed by atoms with Gasteiger partial charge in [0.05, 0.1) is 6.26 Å². The Kier molecular flexibility index (Phi) is 4.36. The van der Waals surface area contributed by atoms with Crippen LogP contribution in [-0.2, 0) is 0 Å². The SMILES string of the molecule is c1ccc2c(-c3c4ccccc4c(-c4cccc5oc6ccc7occc7c6c45)c4ccccc34)cccc2c1. The molecule has 2 aromatic heterocycles. The fraction of sp³-hybridized carbons (Fsp3) is 0. The van der Waals surface area contributed by atoms with Crippen LogP contribution in [0.3, 0.4) is 0 Å². The monoisotopic (exact) mass is 510 g/mol. The molecule has 0 fully saturated rings. The zero-order valence-corrected chi connectivity index (χ0v) is 21.5. The Bertz CT molecular complexity index is 2370. The molecule has 0 radical (unpaired) electrons. The predicted octanol–water partition coefficient (Wildman–Crippen LogP) is 11.1. The minimum absolute atomic E-state index is 0.867. The molecule has 0 spiro atoms. The first-order valence-electron chi connectivity index (χ1n) is 13.6. The van der Waals surface area contributed by atoms with Crippen LogP contribution in [0.15, 0.2) is 142 Å². The molecule has 0 saturated carbocycles. The van der Waals surface area contributed by atoms with E-state index < -0.39 is 0 Å². The summed E-state index contributed by atoms with van der Waals surface area (Å²) in [6.07, 6.45) is 1.76. The van der Waals surface area contributed by atoms with Crippen molar-refractivity contribution in [2.45, 2.75) is 0 Å². The molecular formula is C38H22O2. The highest BCUT2D eigenvalue weighted by molar-refractivity contribution is 6.29. The third-order valence-corrected chi connectivity index (χ3v) is 8.35. The molecule has 0 bridgehead atoms. The van der Waals surface area contributed by atoms with Gasteiger partial charge in [0.1, 0.15) is 16.7 Å². The van der Waals surface area contributed by atoms with Crippen LogP contribution in [0.25, 0.3) is 87.5 Å². The van der Waals surface area contributed by atoms with E-state index in [4.69, 9.17) is 8.83 Å². The summed E-state index contributed by atoms with van der Waals surface area (Å²) in [6.45, 7) is 0. The van der Waals surface area contributed by atoms with E-state index in [1.165, 1.54) is 54.6 Å². The van der Waals surface area contributed by atoms with Gasteiger partial charge in [0, 0.05) is 16.2 Å². The van der Waals surface area contributed by atoms with Crippen molar-refractivity contribution in [3.8, 4) is 22.3 Å². The molecule has 9 rings (SSSR count). The molecule has 186 valence electrons. The van der Waals surface area contributed by atoms with Crippen LogP contribution >= 0.6 is 0 Å². The number of rotatable bonds is 2. The smallest absolute Gasteiger partial charge is 0.136 e. The van der Waals surface area contributed by atoms with Gasteiger partial charge in [0.15, 0.2) is 0 Å². The second-order valence-electron chi connectivity index (χ2n) is 10.4. The van der Waals surface area contributed by atoms with Crippen LogP contribution in [0.1, 0.15) is 0 Å². The topological polar surface area (TPSA) is 26.3 Å². The number of hydrogen-bond donors (Lipinski definition) is 0. The van der Waals surface area contributed by atoms with Crippen molar-refractivity contribution in [3.63, 3.8) is 0 Å². The van der Waals surface area contributed by atoms with Gasteiger partial charge in [-0.25, -0.2) is 0 Å². The van der Waals surface area contributed by atoms with E-state index in [1.54, 1.807) is 6.26 Å². The van der Waals surface area contributed by atoms with Crippen LogP contribution in [0.4, 0.5) is 0 Å². The summed E-state index contributed by atoms with van der Waals surface area (Å²) in [7, 11) is 0. The van der Waals surface area contributed by atoms with E-state index in [1.807, 2.05) is 18.2 Å². The first kappa shape index (κ1) is 21.6. The van der Waals surface area contributed by atoms with Crippen molar-refractivity contribution in [1.82, 2.24) is 0 Å². The van der Waals surface area contributed by atoms with Gasteiger partial charge >= 0.3 is 0 Å². The lowest BCUT2D eigenvalue weighted by atomic mass is 9.84. The molecular weight excluding hydrogens is 488 g/mol. The fourth-order valence-corrected chi connectivity index (χ4v) is 6.72. The van der Waals surface area contributed by atoms with Crippen molar-refractivity contribution in [2.75, 3.05) is 0 Å². The van der Waals surface area contributed by atoms with Gasteiger partial charge in [-0.15, -0.1) is 0 Å². The molecule has 9 aromatic rings. The maximum Gasteiger partial charge on any atom is 0.136 e. The van der Waals surface area contributed by atoms with Gasteiger partial charge in [-0.2, -0.15) is 0 Å². The summed E-state index contributed by atoms with van der Waals surface area (Å²) in [6, 6.07) is 45.4. The largest absolute Gasteiger partial charge is 0.464 e. The van der Waals surface area contributed by atoms with E-state index in [0.29, 0.717) is 0 Å². The normalized spacial score (nSPS) is 12.0. The quantitative estimate of drug-likeness (QED) is 0.216. The molecule has 0 saturated heterocycles. The lowest BCUT2D eigenvalue weighted by Gasteiger charge is -2.19. The molecule has 2 heterocycles. The van der Waals surface area contributed by atoms with E-state index in [-0.39, 0.29) is 0 Å². The molecule has 0 unspecified atom stereocenters. The Balaban J connectivity index is 1.50.